The Morgan fingerprint density at radius 3 is 2.85 bits per heavy atom. The Kier molecular flexibility index (Phi) is 1.94. The van der Waals surface area contributed by atoms with Gasteiger partial charge in [-0.2, -0.15) is 5.10 Å². The predicted molar refractivity (Wildman–Crippen MR) is 50.2 cm³/mol. The van der Waals surface area contributed by atoms with Crippen LogP contribution in [0.4, 0.5) is 0 Å². The molecule has 0 radical (unpaired) electrons. The molecular weight excluding hydrogens is 188 g/mol. The van der Waals surface area contributed by atoms with Gasteiger partial charge >= 0.3 is 0 Å². The molecule has 1 aromatic carbocycles. The van der Waals surface area contributed by atoms with E-state index in [0.29, 0.717) is 5.02 Å². The lowest BCUT2D eigenvalue weighted by Gasteiger charge is -2.02. The molecule has 0 atom stereocenters. The van der Waals surface area contributed by atoms with Crippen molar-refractivity contribution in [2.45, 2.75) is 0 Å². The molecule has 0 spiro atoms. The highest BCUT2D eigenvalue weighted by Crippen LogP contribution is 2.24. The summed E-state index contributed by atoms with van der Waals surface area (Å²) in [6, 6.07) is 6.76. The second kappa shape index (κ2) is 3.11. The quantitative estimate of drug-likeness (QED) is 0.756. The lowest BCUT2D eigenvalue weighted by Crippen LogP contribution is -1.93. The van der Waals surface area contributed by atoms with Crippen LogP contribution >= 0.6 is 11.6 Å². The zero-order valence-electron chi connectivity index (χ0n) is 6.68. The predicted octanol–water partition coefficient (Wildman–Crippen LogP) is 2.23. The molecule has 0 aliphatic rings. The molecule has 1 N–H and O–H groups in total. The van der Waals surface area contributed by atoms with Gasteiger partial charge in [-0.15, -0.1) is 0 Å². The highest BCUT2D eigenvalue weighted by atomic mass is 35.5. The number of hydrogen-bond acceptors (Lipinski definition) is 2. The normalized spacial score (nSPS) is 10.2. The molecule has 0 unspecified atom stereocenters. The minimum absolute atomic E-state index is 0.0811. The Labute approximate surface area is 80.2 Å². The molecule has 2 rings (SSSR count). The summed E-state index contributed by atoms with van der Waals surface area (Å²) in [5.41, 5.74) is 0.827. The third kappa shape index (κ3) is 1.51. The van der Waals surface area contributed by atoms with Gasteiger partial charge in [-0.25, -0.2) is 4.68 Å². The number of halogens is 1. The molecule has 4 heteroatoms. The third-order valence-corrected chi connectivity index (χ3v) is 2.00. The van der Waals surface area contributed by atoms with E-state index >= 15 is 0 Å². The molecule has 3 nitrogen and oxygen atoms in total. The van der Waals surface area contributed by atoms with Crippen LogP contribution in [0.3, 0.4) is 0 Å². The van der Waals surface area contributed by atoms with Crippen molar-refractivity contribution in [3.63, 3.8) is 0 Å². The Hall–Kier alpha value is -1.48. The van der Waals surface area contributed by atoms with Crippen molar-refractivity contribution < 1.29 is 5.11 Å². The van der Waals surface area contributed by atoms with Gasteiger partial charge in [-0.3, -0.25) is 0 Å². The Bertz CT molecular complexity index is 412. The van der Waals surface area contributed by atoms with Crippen LogP contribution < -0.4 is 0 Å². The lowest BCUT2D eigenvalue weighted by molar-refractivity contribution is 0.475. The second-order valence-corrected chi connectivity index (χ2v) is 2.99. The standard InChI is InChI=1S/C9H7ClN2O/c10-8-6-7(2-3-9(8)13)12-5-1-4-11-12/h1-6,13H. The van der Waals surface area contributed by atoms with E-state index in [9.17, 15) is 5.11 Å². The largest absolute Gasteiger partial charge is 0.506 e. The molecule has 0 amide bonds. The van der Waals surface area contributed by atoms with Gasteiger partial charge < -0.3 is 5.11 Å². The third-order valence-electron chi connectivity index (χ3n) is 1.70. The van der Waals surface area contributed by atoms with Gasteiger partial charge in [-0.05, 0) is 24.3 Å². The number of hydrogen-bond donors (Lipinski definition) is 1. The lowest BCUT2D eigenvalue weighted by atomic mass is 10.3. The number of phenolic OH excluding ortho intramolecular Hbond substituents is 1. The Morgan fingerprint density at radius 2 is 2.23 bits per heavy atom. The highest BCUT2D eigenvalue weighted by molar-refractivity contribution is 6.32. The fourth-order valence-corrected chi connectivity index (χ4v) is 1.23. The van der Waals surface area contributed by atoms with E-state index < -0.39 is 0 Å². The fraction of sp³-hybridized carbons (Fsp3) is 0. The van der Waals surface area contributed by atoms with Gasteiger partial charge in [0.1, 0.15) is 5.75 Å². The summed E-state index contributed by atoms with van der Waals surface area (Å²) in [4.78, 5) is 0. The maximum atomic E-state index is 9.18. The SMILES string of the molecule is Oc1ccc(-n2cccn2)cc1Cl. The minimum atomic E-state index is 0.0811. The van der Waals surface area contributed by atoms with Crippen molar-refractivity contribution in [1.82, 2.24) is 9.78 Å². The summed E-state index contributed by atoms with van der Waals surface area (Å²) in [5, 5.41) is 13.5. The zero-order chi connectivity index (χ0) is 9.26. The van der Waals surface area contributed by atoms with Crippen molar-refractivity contribution in [3.8, 4) is 11.4 Å². The van der Waals surface area contributed by atoms with E-state index in [0.717, 1.165) is 5.69 Å². The number of aromatic nitrogens is 2. The van der Waals surface area contributed by atoms with E-state index in [-0.39, 0.29) is 5.75 Å². The van der Waals surface area contributed by atoms with Crippen molar-refractivity contribution in [1.29, 1.82) is 0 Å². The number of benzene rings is 1. The highest BCUT2D eigenvalue weighted by Gasteiger charge is 2.00. The number of rotatable bonds is 1. The van der Waals surface area contributed by atoms with E-state index in [1.807, 2.05) is 12.3 Å². The minimum Gasteiger partial charge on any atom is -0.506 e. The first kappa shape index (κ1) is 8.13. The average molecular weight is 195 g/mol. The van der Waals surface area contributed by atoms with Gasteiger partial charge in [0.25, 0.3) is 0 Å². The van der Waals surface area contributed by atoms with Crippen LogP contribution in [0.1, 0.15) is 0 Å². The smallest absolute Gasteiger partial charge is 0.134 e. The van der Waals surface area contributed by atoms with Gasteiger partial charge in [0.15, 0.2) is 0 Å². The maximum absolute atomic E-state index is 9.18. The molecular formula is C9H7ClN2O. The van der Waals surface area contributed by atoms with Crippen LogP contribution in [0.25, 0.3) is 5.69 Å². The molecule has 0 fully saturated rings. The van der Waals surface area contributed by atoms with Crippen molar-refractivity contribution >= 4 is 11.6 Å². The molecule has 0 saturated heterocycles. The first-order valence-electron chi connectivity index (χ1n) is 3.76. The van der Waals surface area contributed by atoms with Crippen molar-refractivity contribution in [3.05, 3.63) is 41.7 Å². The molecule has 1 heterocycles. The fourth-order valence-electron chi connectivity index (χ4n) is 1.06. The van der Waals surface area contributed by atoms with Gasteiger partial charge in [0, 0.05) is 12.4 Å². The van der Waals surface area contributed by atoms with Gasteiger partial charge in [-0.1, -0.05) is 11.6 Å². The number of nitrogens with zero attached hydrogens (tertiary/aromatic N) is 2. The average Bonchev–Trinajstić information content (AvgIpc) is 2.62. The molecule has 0 saturated carbocycles. The van der Waals surface area contributed by atoms with Crippen LogP contribution in [0.2, 0.25) is 5.02 Å². The number of aromatic hydroxyl groups is 1. The molecule has 2 aromatic rings. The van der Waals surface area contributed by atoms with Gasteiger partial charge in [0.2, 0.25) is 0 Å². The first-order valence-corrected chi connectivity index (χ1v) is 4.14. The van der Waals surface area contributed by atoms with Crippen LogP contribution in [0, 0.1) is 0 Å². The summed E-state index contributed by atoms with van der Waals surface area (Å²) in [7, 11) is 0. The first-order chi connectivity index (χ1) is 6.27. The molecule has 1 aromatic heterocycles. The maximum Gasteiger partial charge on any atom is 0.134 e. The monoisotopic (exact) mass is 194 g/mol. The van der Waals surface area contributed by atoms with Crippen LogP contribution in [0.15, 0.2) is 36.7 Å². The van der Waals surface area contributed by atoms with E-state index in [4.69, 9.17) is 11.6 Å². The van der Waals surface area contributed by atoms with E-state index in [1.54, 1.807) is 29.1 Å². The second-order valence-electron chi connectivity index (χ2n) is 2.59. The van der Waals surface area contributed by atoms with Crippen LogP contribution in [0.5, 0.6) is 5.75 Å². The van der Waals surface area contributed by atoms with E-state index in [1.165, 1.54) is 0 Å². The van der Waals surface area contributed by atoms with Crippen molar-refractivity contribution in [2.75, 3.05) is 0 Å². The molecule has 0 aliphatic heterocycles. The van der Waals surface area contributed by atoms with E-state index in [2.05, 4.69) is 5.10 Å². The molecule has 13 heavy (non-hydrogen) atoms. The van der Waals surface area contributed by atoms with Crippen molar-refractivity contribution in [2.24, 2.45) is 0 Å². The van der Waals surface area contributed by atoms with Gasteiger partial charge in [0.05, 0.1) is 10.7 Å². The van der Waals surface area contributed by atoms with Crippen LogP contribution in [-0.2, 0) is 0 Å². The molecule has 0 aliphatic carbocycles. The zero-order valence-corrected chi connectivity index (χ0v) is 7.44. The summed E-state index contributed by atoms with van der Waals surface area (Å²) < 4.78 is 1.67. The Morgan fingerprint density at radius 1 is 1.38 bits per heavy atom. The summed E-state index contributed by atoms with van der Waals surface area (Å²) in [6.45, 7) is 0. The Balaban J connectivity index is 2.49. The molecule has 66 valence electrons. The number of phenols is 1. The summed E-state index contributed by atoms with van der Waals surface area (Å²) >= 11 is 5.74. The van der Waals surface area contributed by atoms with Crippen LogP contribution in [-0.4, -0.2) is 14.9 Å². The summed E-state index contributed by atoms with van der Waals surface area (Å²) in [6.07, 6.45) is 3.49. The molecule has 0 bridgehead atoms. The summed E-state index contributed by atoms with van der Waals surface area (Å²) in [5.74, 6) is 0.0811. The topological polar surface area (TPSA) is 38.0 Å².